The highest BCUT2D eigenvalue weighted by Gasteiger charge is 2.14. The second-order valence-corrected chi connectivity index (χ2v) is 7.94. The molecule has 0 bridgehead atoms. The van der Waals surface area contributed by atoms with E-state index in [1.165, 1.54) is 5.56 Å². The number of carbonyl (C=O) groups excluding carboxylic acids is 1. The minimum absolute atomic E-state index is 0.0546. The van der Waals surface area contributed by atoms with Gasteiger partial charge in [0.1, 0.15) is 0 Å². The van der Waals surface area contributed by atoms with Gasteiger partial charge < -0.3 is 10.1 Å². The molecule has 2 aromatic carbocycles. The second-order valence-electron chi connectivity index (χ2n) is 6.65. The second kappa shape index (κ2) is 8.54. The molecule has 2 aromatic rings. The predicted octanol–water partition coefficient (Wildman–Crippen LogP) is 4.97. The van der Waals surface area contributed by atoms with Crippen LogP contribution in [0.2, 0.25) is 0 Å². The van der Waals surface area contributed by atoms with Gasteiger partial charge in [0.2, 0.25) is 0 Å². The first-order chi connectivity index (χ1) is 12.1. The molecule has 1 saturated heterocycles. The van der Waals surface area contributed by atoms with E-state index in [1.807, 2.05) is 49.9 Å². The SMILES string of the molecule is Cc1cc(C)cc(C(=O)Nc2cccc(CSC3CCOCC3)c2)c1. The minimum Gasteiger partial charge on any atom is -0.381 e. The van der Waals surface area contributed by atoms with Crippen LogP contribution in [0.15, 0.2) is 42.5 Å². The van der Waals surface area contributed by atoms with Crippen molar-refractivity contribution in [2.75, 3.05) is 18.5 Å². The van der Waals surface area contributed by atoms with Crippen molar-refractivity contribution in [1.82, 2.24) is 0 Å². The van der Waals surface area contributed by atoms with Crippen molar-refractivity contribution >= 4 is 23.4 Å². The normalized spacial score (nSPS) is 15.1. The minimum atomic E-state index is -0.0546. The molecule has 0 aromatic heterocycles. The molecule has 3 rings (SSSR count). The molecule has 0 aliphatic carbocycles. The van der Waals surface area contributed by atoms with Crippen LogP contribution in [0.5, 0.6) is 0 Å². The van der Waals surface area contributed by atoms with Gasteiger partial charge in [-0.05, 0) is 56.5 Å². The number of aryl methyl sites for hydroxylation is 2. The zero-order valence-electron chi connectivity index (χ0n) is 14.9. The van der Waals surface area contributed by atoms with E-state index in [4.69, 9.17) is 4.74 Å². The highest BCUT2D eigenvalue weighted by atomic mass is 32.2. The summed E-state index contributed by atoms with van der Waals surface area (Å²) in [7, 11) is 0. The van der Waals surface area contributed by atoms with Gasteiger partial charge in [0.05, 0.1) is 0 Å². The molecule has 0 radical (unpaired) electrons. The molecule has 3 nitrogen and oxygen atoms in total. The lowest BCUT2D eigenvalue weighted by Crippen LogP contribution is -2.17. The van der Waals surface area contributed by atoms with Crippen molar-refractivity contribution in [2.24, 2.45) is 0 Å². The highest BCUT2D eigenvalue weighted by molar-refractivity contribution is 7.99. The molecule has 1 heterocycles. The van der Waals surface area contributed by atoms with Crippen molar-refractivity contribution in [1.29, 1.82) is 0 Å². The Bertz CT molecular complexity index is 718. The lowest BCUT2D eigenvalue weighted by molar-refractivity contribution is 0.1000. The molecule has 1 aliphatic rings. The summed E-state index contributed by atoms with van der Waals surface area (Å²) in [5.74, 6) is 0.916. The average Bonchev–Trinajstić information content (AvgIpc) is 2.60. The molecular formula is C21H25NO2S. The van der Waals surface area contributed by atoms with E-state index in [0.717, 1.165) is 48.6 Å². The fourth-order valence-corrected chi connectivity index (χ4v) is 4.24. The third kappa shape index (κ3) is 5.35. The van der Waals surface area contributed by atoms with Crippen molar-refractivity contribution in [2.45, 2.75) is 37.7 Å². The van der Waals surface area contributed by atoms with Crippen LogP contribution in [0.25, 0.3) is 0 Å². The number of nitrogens with one attached hydrogen (secondary N) is 1. The Morgan fingerprint density at radius 2 is 1.84 bits per heavy atom. The number of ether oxygens (including phenoxy) is 1. The lowest BCUT2D eigenvalue weighted by atomic mass is 10.1. The summed E-state index contributed by atoms with van der Waals surface area (Å²) in [4.78, 5) is 12.5. The van der Waals surface area contributed by atoms with Gasteiger partial charge in [-0.25, -0.2) is 0 Å². The number of carbonyl (C=O) groups is 1. The maximum atomic E-state index is 12.5. The molecule has 1 N–H and O–H groups in total. The van der Waals surface area contributed by atoms with E-state index in [-0.39, 0.29) is 5.91 Å². The van der Waals surface area contributed by atoms with Gasteiger partial charge in [0.25, 0.3) is 5.91 Å². The average molecular weight is 356 g/mol. The molecule has 4 heteroatoms. The van der Waals surface area contributed by atoms with Crippen molar-refractivity contribution < 1.29 is 9.53 Å². The smallest absolute Gasteiger partial charge is 0.255 e. The van der Waals surface area contributed by atoms with Gasteiger partial charge in [-0.2, -0.15) is 11.8 Å². The fourth-order valence-electron chi connectivity index (χ4n) is 3.10. The van der Waals surface area contributed by atoms with E-state index in [9.17, 15) is 4.79 Å². The number of hydrogen-bond donors (Lipinski definition) is 1. The fraction of sp³-hybridized carbons (Fsp3) is 0.381. The molecule has 132 valence electrons. The third-order valence-electron chi connectivity index (χ3n) is 4.32. The molecular weight excluding hydrogens is 330 g/mol. The summed E-state index contributed by atoms with van der Waals surface area (Å²) < 4.78 is 5.41. The monoisotopic (exact) mass is 355 g/mol. The van der Waals surface area contributed by atoms with E-state index in [0.29, 0.717) is 10.8 Å². The molecule has 1 fully saturated rings. The quantitative estimate of drug-likeness (QED) is 0.823. The van der Waals surface area contributed by atoms with Crippen LogP contribution in [-0.4, -0.2) is 24.4 Å². The molecule has 1 aliphatic heterocycles. The van der Waals surface area contributed by atoms with Crippen LogP contribution in [0.1, 0.15) is 39.9 Å². The van der Waals surface area contributed by atoms with Crippen molar-refractivity contribution in [3.05, 3.63) is 64.7 Å². The van der Waals surface area contributed by atoms with Gasteiger partial charge in [-0.3, -0.25) is 4.79 Å². The summed E-state index contributed by atoms with van der Waals surface area (Å²) in [6.07, 6.45) is 2.27. The van der Waals surface area contributed by atoms with Crippen LogP contribution >= 0.6 is 11.8 Å². The summed E-state index contributed by atoms with van der Waals surface area (Å²) >= 11 is 1.99. The van der Waals surface area contributed by atoms with Gasteiger partial charge in [0.15, 0.2) is 0 Å². The number of thioether (sulfide) groups is 1. The first-order valence-corrected chi connectivity index (χ1v) is 9.83. The van der Waals surface area contributed by atoms with Gasteiger partial charge in [-0.1, -0.05) is 29.3 Å². The highest BCUT2D eigenvalue weighted by Crippen LogP contribution is 2.26. The number of rotatable bonds is 5. The van der Waals surface area contributed by atoms with E-state index >= 15 is 0 Å². The Labute approximate surface area is 154 Å². The molecule has 0 saturated carbocycles. The van der Waals surface area contributed by atoms with Crippen LogP contribution in [-0.2, 0) is 10.5 Å². The number of benzene rings is 2. The Morgan fingerprint density at radius 3 is 2.56 bits per heavy atom. The number of hydrogen-bond acceptors (Lipinski definition) is 3. The zero-order chi connectivity index (χ0) is 17.6. The summed E-state index contributed by atoms with van der Waals surface area (Å²) in [6.45, 7) is 5.78. The largest absolute Gasteiger partial charge is 0.381 e. The van der Waals surface area contributed by atoms with Gasteiger partial charge >= 0.3 is 0 Å². The molecule has 1 amide bonds. The van der Waals surface area contributed by atoms with Crippen LogP contribution < -0.4 is 5.32 Å². The lowest BCUT2D eigenvalue weighted by Gasteiger charge is -2.21. The molecule has 0 unspecified atom stereocenters. The molecule has 0 atom stereocenters. The van der Waals surface area contributed by atoms with E-state index < -0.39 is 0 Å². The van der Waals surface area contributed by atoms with Crippen molar-refractivity contribution in [3.63, 3.8) is 0 Å². The Balaban J connectivity index is 1.61. The standard InChI is InChI=1S/C21H25NO2S/c1-15-10-16(2)12-18(11-15)21(23)22-19-5-3-4-17(13-19)14-25-20-6-8-24-9-7-20/h3-5,10-13,20H,6-9,14H2,1-2H3,(H,22,23). The predicted molar refractivity (Wildman–Crippen MR) is 105 cm³/mol. The van der Waals surface area contributed by atoms with Crippen LogP contribution in [0, 0.1) is 13.8 Å². The molecule has 0 spiro atoms. The Morgan fingerprint density at radius 1 is 1.12 bits per heavy atom. The summed E-state index contributed by atoms with van der Waals surface area (Å²) in [5.41, 5.74) is 5.02. The zero-order valence-corrected chi connectivity index (χ0v) is 15.7. The maximum Gasteiger partial charge on any atom is 0.255 e. The van der Waals surface area contributed by atoms with Gasteiger partial charge in [0, 0.05) is 35.5 Å². The van der Waals surface area contributed by atoms with Crippen molar-refractivity contribution in [3.8, 4) is 0 Å². The Kier molecular flexibility index (Phi) is 6.16. The first-order valence-electron chi connectivity index (χ1n) is 8.78. The third-order valence-corrected chi connectivity index (χ3v) is 5.77. The first kappa shape index (κ1) is 18.0. The Hall–Kier alpha value is -1.78. The molecule has 25 heavy (non-hydrogen) atoms. The summed E-state index contributed by atoms with van der Waals surface area (Å²) in [5, 5.41) is 3.71. The summed E-state index contributed by atoms with van der Waals surface area (Å²) in [6, 6.07) is 14.1. The van der Waals surface area contributed by atoms with Gasteiger partial charge in [-0.15, -0.1) is 0 Å². The topological polar surface area (TPSA) is 38.3 Å². The van der Waals surface area contributed by atoms with E-state index in [2.05, 4.69) is 23.5 Å². The number of anilines is 1. The van der Waals surface area contributed by atoms with E-state index in [1.54, 1.807) is 0 Å². The van der Waals surface area contributed by atoms with Crippen LogP contribution in [0.4, 0.5) is 5.69 Å². The van der Waals surface area contributed by atoms with Crippen LogP contribution in [0.3, 0.4) is 0 Å². The number of amides is 1. The maximum absolute atomic E-state index is 12.5.